The molecule has 0 amide bonds. The molecule has 0 rings (SSSR count). The quantitative estimate of drug-likeness (QED) is 0.544. The van der Waals surface area contributed by atoms with Gasteiger partial charge in [0, 0.05) is 5.57 Å². The molecule has 0 aromatic heterocycles. The van der Waals surface area contributed by atoms with Crippen molar-refractivity contribution in [3.8, 4) is 0 Å². The van der Waals surface area contributed by atoms with E-state index in [0.717, 1.165) is 17.6 Å². The number of methoxy groups -OCH3 is 1. The number of carbonyl (C=O) groups is 1. The lowest BCUT2D eigenvalue weighted by atomic mass is 10.1. The molecule has 0 fully saturated rings. The van der Waals surface area contributed by atoms with E-state index >= 15 is 0 Å². The minimum Gasteiger partial charge on any atom is -0.466 e. The number of allylic oxidation sites excluding steroid dienone is 1. The van der Waals surface area contributed by atoms with E-state index in [0.29, 0.717) is 0 Å². The van der Waals surface area contributed by atoms with E-state index in [1.165, 1.54) is 7.11 Å². The Hall–Kier alpha value is -0.540. The van der Waals surface area contributed by atoms with Gasteiger partial charge >= 0.3 is 5.97 Å². The zero-order valence-corrected chi connectivity index (χ0v) is 8.96. The average Bonchev–Trinajstić information content (AvgIpc) is 2.00. The van der Waals surface area contributed by atoms with Crippen LogP contribution < -0.4 is 6.15 Å². The van der Waals surface area contributed by atoms with Crippen molar-refractivity contribution in [3.63, 3.8) is 0 Å². The third kappa shape index (κ3) is 5.16. The van der Waals surface area contributed by atoms with Crippen molar-refractivity contribution >= 4 is 18.4 Å². The summed E-state index contributed by atoms with van der Waals surface area (Å²) >= 11 is 0. The lowest BCUT2D eigenvalue weighted by Gasteiger charge is -2.01. The Balaban J connectivity index is -0.000000405. The SMILES string of the molecule is CCC(C)=C(C)C(=O)OC.Cl.N. The summed E-state index contributed by atoms with van der Waals surface area (Å²) in [5.41, 5.74) is 1.82. The van der Waals surface area contributed by atoms with Gasteiger partial charge in [0.2, 0.25) is 0 Å². The van der Waals surface area contributed by atoms with E-state index in [2.05, 4.69) is 4.74 Å². The molecule has 12 heavy (non-hydrogen) atoms. The Morgan fingerprint density at radius 2 is 1.75 bits per heavy atom. The van der Waals surface area contributed by atoms with Gasteiger partial charge in [-0.3, -0.25) is 0 Å². The fraction of sp³-hybridized carbons (Fsp3) is 0.625. The molecule has 0 saturated carbocycles. The van der Waals surface area contributed by atoms with E-state index in [-0.39, 0.29) is 24.5 Å². The first-order valence-electron chi connectivity index (χ1n) is 3.38. The third-order valence-corrected chi connectivity index (χ3v) is 1.66. The Bertz CT molecular complexity index is 166. The van der Waals surface area contributed by atoms with Crippen LogP contribution in [-0.4, -0.2) is 13.1 Å². The van der Waals surface area contributed by atoms with E-state index < -0.39 is 0 Å². The van der Waals surface area contributed by atoms with Crippen molar-refractivity contribution in [1.82, 2.24) is 6.15 Å². The number of rotatable bonds is 2. The molecule has 0 heterocycles. The topological polar surface area (TPSA) is 61.3 Å². The smallest absolute Gasteiger partial charge is 0.333 e. The Kier molecular flexibility index (Phi) is 12.5. The largest absolute Gasteiger partial charge is 0.466 e. The average molecular weight is 196 g/mol. The fourth-order valence-corrected chi connectivity index (χ4v) is 0.592. The van der Waals surface area contributed by atoms with E-state index in [9.17, 15) is 4.79 Å². The molecule has 74 valence electrons. The van der Waals surface area contributed by atoms with Crippen LogP contribution in [0.4, 0.5) is 0 Å². The maximum atomic E-state index is 10.8. The molecule has 0 bridgehead atoms. The normalized spacial score (nSPS) is 10.3. The van der Waals surface area contributed by atoms with Crippen LogP contribution in [0, 0.1) is 0 Å². The molecule has 0 spiro atoms. The second kappa shape index (κ2) is 8.56. The zero-order chi connectivity index (χ0) is 8.15. The number of hydrogen-bond donors (Lipinski definition) is 1. The second-order valence-electron chi connectivity index (χ2n) is 2.25. The lowest BCUT2D eigenvalue weighted by Crippen LogP contribution is -2.03. The highest BCUT2D eigenvalue weighted by Crippen LogP contribution is 2.07. The highest BCUT2D eigenvalue weighted by atomic mass is 35.5. The van der Waals surface area contributed by atoms with Crippen LogP contribution >= 0.6 is 12.4 Å². The second-order valence-corrected chi connectivity index (χ2v) is 2.25. The molecule has 0 aromatic rings. The fourth-order valence-electron chi connectivity index (χ4n) is 0.592. The lowest BCUT2D eigenvalue weighted by molar-refractivity contribution is -0.136. The van der Waals surface area contributed by atoms with Gasteiger partial charge in [0.05, 0.1) is 7.11 Å². The van der Waals surface area contributed by atoms with Crippen LogP contribution in [0.1, 0.15) is 27.2 Å². The van der Waals surface area contributed by atoms with Gasteiger partial charge in [0.15, 0.2) is 0 Å². The summed E-state index contributed by atoms with van der Waals surface area (Å²) in [7, 11) is 1.40. The molecule has 3 nitrogen and oxygen atoms in total. The maximum absolute atomic E-state index is 10.8. The number of esters is 1. The molecule has 0 aliphatic rings. The summed E-state index contributed by atoms with van der Waals surface area (Å²) in [5.74, 6) is -0.223. The van der Waals surface area contributed by atoms with Gasteiger partial charge in [0.1, 0.15) is 0 Å². The van der Waals surface area contributed by atoms with Gasteiger partial charge in [0.25, 0.3) is 0 Å². The Labute approximate surface area is 80.2 Å². The molecule has 0 aliphatic carbocycles. The summed E-state index contributed by atoms with van der Waals surface area (Å²) in [6.07, 6.45) is 0.904. The van der Waals surface area contributed by atoms with Gasteiger partial charge in [-0.05, 0) is 20.3 Å². The number of carbonyl (C=O) groups excluding carboxylic acids is 1. The highest BCUT2D eigenvalue weighted by Gasteiger charge is 2.04. The minimum atomic E-state index is -0.223. The van der Waals surface area contributed by atoms with Crippen LogP contribution in [0.15, 0.2) is 11.1 Å². The van der Waals surface area contributed by atoms with Gasteiger partial charge in [-0.1, -0.05) is 12.5 Å². The minimum absolute atomic E-state index is 0. The molecule has 0 radical (unpaired) electrons. The van der Waals surface area contributed by atoms with E-state index in [1.807, 2.05) is 13.8 Å². The van der Waals surface area contributed by atoms with Crippen molar-refractivity contribution in [2.75, 3.05) is 7.11 Å². The van der Waals surface area contributed by atoms with Crippen LogP contribution in [0.3, 0.4) is 0 Å². The molecule has 3 N–H and O–H groups in total. The molecule has 4 heteroatoms. The third-order valence-electron chi connectivity index (χ3n) is 1.66. The van der Waals surface area contributed by atoms with Gasteiger partial charge < -0.3 is 10.9 Å². The molecule has 0 aromatic carbocycles. The summed E-state index contributed by atoms with van der Waals surface area (Å²) in [6.45, 7) is 5.73. The molecule has 0 saturated heterocycles. The molecule has 0 atom stereocenters. The van der Waals surface area contributed by atoms with Crippen LogP contribution in [0.2, 0.25) is 0 Å². The standard InChI is InChI=1S/C8H14O2.ClH.H3N/c1-5-6(2)7(3)8(9)10-4;;/h5H2,1-4H3;1H;1H3. The van der Waals surface area contributed by atoms with Crippen molar-refractivity contribution < 1.29 is 9.53 Å². The van der Waals surface area contributed by atoms with E-state index in [1.54, 1.807) is 6.92 Å². The number of ether oxygens (including phenoxy) is 1. The first kappa shape index (κ1) is 17.5. The van der Waals surface area contributed by atoms with Crippen molar-refractivity contribution in [2.45, 2.75) is 27.2 Å². The van der Waals surface area contributed by atoms with Gasteiger partial charge in [-0.25, -0.2) is 4.79 Å². The van der Waals surface area contributed by atoms with Crippen molar-refractivity contribution in [1.29, 1.82) is 0 Å². The first-order valence-corrected chi connectivity index (χ1v) is 3.38. The van der Waals surface area contributed by atoms with E-state index in [4.69, 9.17) is 0 Å². The Morgan fingerprint density at radius 1 is 1.33 bits per heavy atom. The predicted octanol–water partition coefficient (Wildman–Crippen LogP) is 2.49. The molecular formula is C8H18ClNO2. The first-order chi connectivity index (χ1) is 4.63. The number of hydrogen-bond acceptors (Lipinski definition) is 3. The van der Waals surface area contributed by atoms with Gasteiger partial charge in [-0.2, -0.15) is 0 Å². The monoisotopic (exact) mass is 195 g/mol. The Morgan fingerprint density at radius 3 is 2.00 bits per heavy atom. The van der Waals surface area contributed by atoms with Crippen LogP contribution in [0.25, 0.3) is 0 Å². The summed E-state index contributed by atoms with van der Waals surface area (Å²) in [5, 5.41) is 0. The maximum Gasteiger partial charge on any atom is 0.333 e. The summed E-state index contributed by atoms with van der Waals surface area (Å²) in [6, 6.07) is 0. The summed E-state index contributed by atoms with van der Waals surface area (Å²) in [4.78, 5) is 10.8. The van der Waals surface area contributed by atoms with Crippen LogP contribution in [-0.2, 0) is 9.53 Å². The van der Waals surface area contributed by atoms with Crippen molar-refractivity contribution in [2.24, 2.45) is 0 Å². The zero-order valence-electron chi connectivity index (χ0n) is 8.14. The summed E-state index contributed by atoms with van der Waals surface area (Å²) < 4.78 is 4.54. The predicted molar refractivity (Wildman–Crippen MR) is 53.0 cm³/mol. The molecule has 0 aliphatic heterocycles. The van der Waals surface area contributed by atoms with Gasteiger partial charge in [-0.15, -0.1) is 12.4 Å². The molecular weight excluding hydrogens is 178 g/mol. The number of halogens is 1. The highest BCUT2D eigenvalue weighted by molar-refractivity contribution is 5.88. The van der Waals surface area contributed by atoms with Crippen molar-refractivity contribution in [3.05, 3.63) is 11.1 Å². The molecule has 0 unspecified atom stereocenters. The van der Waals surface area contributed by atoms with Crippen LogP contribution in [0.5, 0.6) is 0 Å².